The molecule has 0 radical (unpaired) electrons. The van der Waals surface area contributed by atoms with Crippen molar-refractivity contribution in [2.45, 2.75) is 13.0 Å². The second-order valence-electron chi connectivity index (χ2n) is 5.61. The maximum Gasteiger partial charge on any atom is 0.129 e. The fourth-order valence-electron chi connectivity index (χ4n) is 2.80. The number of fused-ring (bicyclic) bond motifs is 1. The molecule has 5 heteroatoms. The zero-order valence-electron chi connectivity index (χ0n) is 12.3. The molecular formula is C16H21ClN4. The first-order chi connectivity index (χ1) is 10.2. The van der Waals surface area contributed by atoms with Gasteiger partial charge in [-0.25, -0.2) is 4.98 Å². The van der Waals surface area contributed by atoms with E-state index in [4.69, 9.17) is 22.3 Å². The Labute approximate surface area is 130 Å². The topological polar surface area (TPSA) is 45.4 Å². The number of hydrogen-bond donors (Lipinski definition) is 1. The molecule has 2 aromatic rings. The van der Waals surface area contributed by atoms with Crippen molar-refractivity contribution >= 4 is 28.3 Å². The minimum absolute atomic E-state index is 0.457. The molecular weight excluding hydrogens is 284 g/mol. The van der Waals surface area contributed by atoms with Gasteiger partial charge < -0.3 is 10.6 Å². The van der Waals surface area contributed by atoms with Crippen LogP contribution >= 0.6 is 11.6 Å². The van der Waals surface area contributed by atoms with Gasteiger partial charge in [-0.15, -0.1) is 0 Å². The molecule has 0 bridgehead atoms. The molecule has 0 aliphatic carbocycles. The maximum atomic E-state index is 6.01. The minimum atomic E-state index is 0.457. The Morgan fingerprint density at radius 3 is 2.67 bits per heavy atom. The Morgan fingerprint density at radius 1 is 1.19 bits per heavy atom. The molecule has 1 aromatic heterocycles. The summed E-state index contributed by atoms with van der Waals surface area (Å²) in [6.45, 7) is 6.98. The number of pyridine rings is 1. The van der Waals surface area contributed by atoms with Crippen LogP contribution in [0.15, 0.2) is 30.3 Å². The summed E-state index contributed by atoms with van der Waals surface area (Å²) < 4.78 is 0. The summed E-state index contributed by atoms with van der Waals surface area (Å²) in [7, 11) is 0. The first-order valence-electron chi connectivity index (χ1n) is 7.43. The largest absolute Gasteiger partial charge is 0.354 e. The third-order valence-electron chi connectivity index (χ3n) is 4.24. The smallest absolute Gasteiger partial charge is 0.129 e. The quantitative estimate of drug-likeness (QED) is 0.945. The molecule has 21 heavy (non-hydrogen) atoms. The van der Waals surface area contributed by atoms with Gasteiger partial charge in [0.1, 0.15) is 5.82 Å². The highest BCUT2D eigenvalue weighted by Crippen LogP contribution is 2.22. The Hall–Kier alpha value is -1.36. The first kappa shape index (κ1) is 14.6. The standard InChI is InChI=1S/C16H21ClN4/c1-12(11-18)20-6-8-21(9-7-20)16-5-2-13-10-14(17)3-4-15(13)19-16/h2-5,10,12H,6-9,11,18H2,1H3. The van der Waals surface area contributed by atoms with Gasteiger partial charge in [0.15, 0.2) is 0 Å². The van der Waals surface area contributed by atoms with Crippen LogP contribution in [0.1, 0.15) is 6.92 Å². The predicted octanol–water partition coefficient (Wildman–Crippen LogP) is 2.36. The van der Waals surface area contributed by atoms with Crippen molar-refractivity contribution in [2.75, 3.05) is 37.6 Å². The van der Waals surface area contributed by atoms with Crippen molar-refractivity contribution in [3.05, 3.63) is 35.4 Å². The van der Waals surface area contributed by atoms with Gasteiger partial charge in [-0.2, -0.15) is 0 Å². The number of rotatable bonds is 3. The van der Waals surface area contributed by atoms with Crippen molar-refractivity contribution in [1.82, 2.24) is 9.88 Å². The van der Waals surface area contributed by atoms with E-state index in [1.54, 1.807) is 0 Å². The van der Waals surface area contributed by atoms with E-state index < -0.39 is 0 Å². The van der Waals surface area contributed by atoms with Gasteiger partial charge in [-0.1, -0.05) is 11.6 Å². The lowest BCUT2D eigenvalue weighted by Crippen LogP contribution is -2.51. The van der Waals surface area contributed by atoms with E-state index in [1.165, 1.54) is 0 Å². The third-order valence-corrected chi connectivity index (χ3v) is 4.47. The highest BCUT2D eigenvalue weighted by Gasteiger charge is 2.21. The zero-order valence-corrected chi connectivity index (χ0v) is 13.1. The summed E-state index contributed by atoms with van der Waals surface area (Å²) in [6, 6.07) is 10.5. The summed E-state index contributed by atoms with van der Waals surface area (Å²) in [5.74, 6) is 1.05. The number of piperazine rings is 1. The fraction of sp³-hybridized carbons (Fsp3) is 0.438. The van der Waals surface area contributed by atoms with E-state index in [1.807, 2.05) is 18.2 Å². The van der Waals surface area contributed by atoms with Gasteiger partial charge >= 0.3 is 0 Å². The molecule has 0 saturated carbocycles. The molecule has 4 nitrogen and oxygen atoms in total. The number of aromatic nitrogens is 1. The van der Waals surface area contributed by atoms with Crippen LogP contribution in [0.25, 0.3) is 10.9 Å². The van der Waals surface area contributed by atoms with Crippen molar-refractivity contribution < 1.29 is 0 Å². The van der Waals surface area contributed by atoms with E-state index in [9.17, 15) is 0 Å². The summed E-state index contributed by atoms with van der Waals surface area (Å²) in [6.07, 6.45) is 0. The van der Waals surface area contributed by atoms with Gasteiger partial charge in [0.2, 0.25) is 0 Å². The summed E-state index contributed by atoms with van der Waals surface area (Å²) in [4.78, 5) is 9.54. The molecule has 1 aliphatic heterocycles. The Kier molecular flexibility index (Phi) is 4.29. The average Bonchev–Trinajstić information content (AvgIpc) is 2.53. The minimum Gasteiger partial charge on any atom is -0.354 e. The van der Waals surface area contributed by atoms with E-state index in [0.717, 1.165) is 54.5 Å². The normalized spacial score (nSPS) is 18.1. The lowest BCUT2D eigenvalue weighted by Gasteiger charge is -2.38. The van der Waals surface area contributed by atoms with Crippen LogP contribution < -0.4 is 10.6 Å². The average molecular weight is 305 g/mol. The fourth-order valence-corrected chi connectivity index (χ4v) is 2.98. The van der Waals surface area contributed by atoms with Gasteiger partial charge in [0, 0.05) is 49.2 Å². The monoisotopic (exact) mass is 304 g/mol. The highest BCUT2D eigenvalue weighted by atomic mass is 35.5. The van der Waals surface area contributed by atoms with Gasteiger partial charge in [0.25, 0.3) is 0 Å². The number of anilines is 1. The number of nitrogens with two attached hydrogens (primary N) is 1. The van der Waals surface area contributed by atoms with Crippen molar-refractivity contribution in [1.29, 1.82) is 0 Å². The molecule has 1 fully saturated rings. The molecule has 0 spiro atoms. The van der Waals surface area contributed by atoms with Gasteiger partial charge in [0.05, 0.1) is 5.52 Å². The summed E-state index contributed by atoms with van der Waals surface area (Å²) in [5, 5.41) is 1.84. The van der Waals surface area contributed by atoms with Crippen LogP contribution in [0.2, 0.25) is 5.02 Å². The van der Waals surface area contributed by atoms with Crippen LogP contribution in [0.3, 0.4) is 0 Å². The maximum absolute atomic E-state index is 6.01. The highest BCUT2D eigenvalue weighted by molar-refractivity contribution is 6.31. The van der Waals surface area contributed by atoms with Gasteiger partial charge in [-0.05, 0) is 37.3 Å². The van der Waals surface area contributed by atoms with Gasteiger partial charge in [-0.3, -0.25) is 4.90 Å². The van der Waals surface area contributed by atoms with Crippen LogP contribution in [-0.2, 0) is 0 Å². The van der Waals surface area contributed by atoms with Crippen LogP contribution in [0.5, 0.6) is 0 Å². The van der Waals surface area contributed by atoms with E-state index in [-0.39, 0.29) is 0 Å². The molecule has 0 amide bonds. The number of halogens is 1. The van der Waals surface area contributed by atoms with Crippen molar-refractivity contribution in [3.63, 3.8) is 0 Å². The van der Waals surface area contributed by atoms with Crippen molar-refractivity contribution in [3.8, 4) is 0 Å². The first-order valence-corrected chi connectivity index (χ1v) is 7.80. The molecule has 1 atom stereocenters. The lowest BCUT2D eigenvalue weighted by atomic mass is 10.2. The number of hydrogen-bond acceptors (Lipinski definition) is 4. The third kappa shape index (κ3) is 3.12. The molecule has 112 valence electrons. The molecule has 2 heterocycles. The zero-order chi connectivity index (χ0) is 14.8. The van der Waals surface area contributed by atoms with Crippen LogP contribution in [0.4, 0.5) is 5.82 Å². The Bertz CT molecular complexity index is 623. The van der Waals surface area contributed by atoms with Crippen LogP contribution in [0, 0.1) is 0 Å². The molecule has 3 rings (SSSR count). The van der Waals surface area contributed by atoms with E-state index in [0.29, 0.717) is 6.04 Å². The summed E-state index contributed by atoms with van der Waals surface area (Å²) >= 11 is 6.01. The van der Waals surface area contributed by atoms with Crippen LogP contribution in [-0.4, -0.2) is 48.6 Å². The SMILES string of the molecule is CC(CN)N1CCN(c2ccc3cc(Cl)ccc3n2)CC1. The Balaban J connectivity index is 1.75. The summed E-state index contributed by atoms with van der Waals surface area (Å²) in [5.41, 5.74) is 6.74. The van der Waals surface area contributed by atoms with E-state index >= 15 is 0 Å². The Morgan fingerprint density at radius 2 is 1.95 bits per heavy atom. The molecule has 1 saturated heterocycles. The van der Waals surface area contributed by atoms with E-state index in [2.05, 4.69) is 28.9 Å². The molecule has 2 N–H and O–H groups in total. The lowest BCUT2D eigenvalue weighted by molar-refractivity contribution is 0.201. The van der Waals surface area contributed by atoms with Crippen molar-refractivity contribution in [2.24, 2.45) is 5.73 Å². The molecule has 1 aromatic carbocycles. The number of nitrogens with zero attached hydrogens (tertiary/aromatic N) is 3. The second kappa shape index (κ2) is 6.18. The predicted molar refractivity (Wildman–Crippen MR) is 89.1 cm³/mol. The molecule has 1 unspecified atom stereocenters. The molecule has 1 aliphatic rings. The second-order valence-corrected chi connectivity index (χ2v) is 6.05. The number of benzene rings is 1.